The monoisotopic (exact) mass is 294 g/mol. The summed E-state index contributed by atoms with van der Waals surface area (Å²) in [6.45, 7) is -0.381. The average Bonchev–Trinajstić information content (AvgIpc) is 2.61. The SMILES string of the molecule is OC1(O)CC[C@@](O)(COc2ccc(C(F)(F)F)cn2)N1. The van der Waals surface area contributed by atoms with Gasteiger partial charge >= 0.3 is 6.18 Å². The van der Waals surface area contributed by atoms with E-state index in [0.717, 1.165) is 12.1 Å². The Morgan fingerprint density at radius 2 is 1.95 bits per heavy atom. The molecule has 0 unspecified atom stereocenters. The summed E-state index contributed by atoms with van der Waals surface area (Å²) >= 11 is 0. The maximum Gasteiger partial charge on any atom is 0.417 e. The molecule has 0 spiro atoms. The smallest absolute Gasteiger partial charge is 0.417 e. The molecule has 9 heteroatoms. The molecule has 1 fully saturated rings. The first-order chi connectivity index (χ1) is 9.10. The Hall–Kier alpha value is -1.42. The molecule has 0 saturated carbocycles. The molecule has 1 aliphatic rings. The zero-order chi connectivity index (χ0) is 15.0. The van der Waals surface area contributed by atoms with Crippen LogP contribution in [0.3, 0.4) is 0 Å². The van der Waals surface area contributed by atoms with Crippen LogP contribution in [-0.4, -0.2) is 38.5 Å². The first kappa shape index (κ1) is 15.0. The Kier molecular flexibility index (Phi) is 3.63. The van der Waals surface area contributed by atoms with Crippen LogP contribution in [0.2, 0.25) is 0 Å². The van der Waals surface area contributed by atoms with Crippen molar-refractivity contribution < 1.29 is 33.2 Å². The molecule has 0 amide bonds. The summed E-state index contributed by atoms with van der Waals surface area (Å²) in [5, 5.41) is 30.5. The van der Waals surface area contributed by atoms with Crippen LogP contribution < -0.4 is 10.1 Å². The summed E-state index contributed by atoms with van der Waals surface area (Å²) < 4.78 is 42.0. The van der Waals surface area contributed by atoms with Crippen LogP contribution in [0.25, 0.3) is 0 Å². The molecule has 0 bridgehead atoms. The molecule has 2 rings (SSSR count). The predicted molar refractivity (Wildman–Crippen MR) is 59.2 cm³/mol. The summed E-state index contributed by atoms with van der Waals surface area (Å²) in [6, 6.07) is 1.82. The summed E-state index contributed by atoms with van der Waals surface area (Å²) in [5.41, 5.74) is -2.58. The van der Waals surface area contributed by atoms with E-state index in [2.05, 4.69) is 10.3 Å². The number of ether oxygens (including phenoxy) is 1. The first-order valence-corrected chi connectivity index (χ1v) is 5.72. The van der Waals surface area contributed by atoms with Crippen LogP contribution >= 0.6 is 0 Å². The lowest BCUT2D eigenvalue weighted by Gasteiger charge is -2.25. The third-order valence-electron chi connectivity index (χ3n) is 2.84. The van der Waals surface area contributed by atoms with Crippen molar-refractivity contribution in [2.75, 3.05) is 6.61 Å². The van der Waals surface area contributed by atoms with Crippen molar-refractivity contribution in [2.24, 2.45) is 0 Å². The van der Waals surface area contributed by atoms with Gasteiger partial charge in [0.05, 0.1) is 5.56 Å². The summed E-state index contributed by atoms with van der Waals surface area (Å²) in [5.74, 6) is -2.30. The number of halogens is 3. The number of nitrogens with zero attached hydrogens (tertiary/aromatic N) is 1. The Balaban J connectivity index is 1.95. The van der Waals surface area contributed by atoms with Crippen LogP contribution in [0, 0.1) is 0 Å². The highest BCUT2D eigenvalue weighted by atomic mass is 19.4. The number of hydrogen-bond donors (Lipinski definition) is 4. The number of rotatable bonds is 3. The van der Waals surface area contributed by atoms with Gasteiger partial charge < -0.3 is 20.1 Å². The van der Waals surface area contributed by atoms with E-state index in [1.165, 1.54) is 0 Å². The third kappa shape index (κ3) is 3.57. The quantitative estimate of drug-likeness (QED) is 0.595. The van der Waals surface area contributed by atoms with E-state index in [1.54, 1.807) is 0 Å². The first-order valence-electron chi connectivity index (χ1n) is 5.72. The van der Waals surface area contributed by atoms with Crippen molar-refractivity contribution in [1.29, 1.82) is 0 Å². The van der Waals surface area contributed by atoms with E-state index in [-0.39, 0.29) is 25.3 Å². The lowest BCUT2D eigenvalue weighted by molar-refractivity contribution is -0.194. The zero-order valence-electron chi connectivity index (χ0n) is 10.2. The fraction of sp³-hybridized carbons (Fsp3) is 0.545. The van der Waals surface area contributed by atoms with Gasteiger partial charge in [-0.25, -0.2) is 10.3 Å². The second-order valence-corrected chi connectivity index (χ2v) is 4.64. The van der Waals surface area contributed by atoms with Gasteiger partial charge in [0.2, 0.25) is 11.8 Å². The molecule has 20 heavy (non-hydrogen) atoms. The number of aliphatic hydroxyl groups is 3. The number of alkyl halides is 3. The van der Waals surface area contributed by atoms with Gasteiger partial charge in [-0.1, -0.05) is 0 Å². The molecule has 4 N–H and O–H groups in total. The Bertz CT molecular complexity index is 478. The van der Waals surface area contributed by atoms with E-state index in [4.69, 9.17) is 4.74 Å². The fourth-order valence-electron chi connectivity index (χ4n) is 1.81. The minimum Gasteiger partial charge on any atom is -0.473 e. The van der Waals surface area contributed by atoms with Gasteiger partial charge in [-0.3, -0.25) is 0 Å². The molecule has 6 nitrogen and oxygen atoms in total. The molecule has 1 atom stereocenters. The Morgan fingerprint density at radius 3 is 2.40 bits per heavy atom. The van der Waals surface area contributed by atoms with E-state index >= 15 is 0 Å². The second-order valence-electron chi connectivity index (χ2n) is 4.64. The highest BCUT2D eigenvalue weighted by Crippen LogP contribution is 2.30. The minimum atomic E-state index is -4.48. The van der Waals surface area contributed by atoms with E-state index in [9.17, 15) is 28.5 Å². The Morgan fingerprint density at radius 1 is 1.25 bits per heavy atom. The summed E-state index contributed by atoms with van der Waals surface area (Å²) in [6.07, 6.45) is -3.96. The number of pyridine rings is 1. The maximum atomic E-state index is 12.3. The second kappa shape index (κ2) is 4.85. The van der Waals surface area contributed by atoms with Crippen molar-refractivity contribution in [3.8, 4) is 5.88 Å². The van der Waals surface area contributed by atoms with E-state index in [0.29, 0.717) is 6.20 Å². The highest BCUT2D eigenvalue weighted by Gasteiger charge is 2.45. The van der Waals surface area contributed by atoms with Gasteiger partial charge in [0.15, 0.2) is 5.72 Å². The van der Waals surface area contributed by atoms with Crippen molar-refractivity contribution in [1.82, 2.24) is 10.3 Å². The van der Waals surface area contributed by atoms with Crippen LogP contribution in [0.4, 0.5) is 13.2 Å². The van der Waals surface area contributed by atoms with Crippen molar-refractivity contribution >= 4 is 0 Å². The molecular formula is C11H13F3N2O4. The summed E-state index contributed by atoms with van der Waals surface area (Å²) in [4.78, 5) is 3.47. The number of hydrogen-bond acceptors (Lipinski definition) is 6. The molecule has 1 aliphatic heterocycles. The molecule has 2 heterocycles. The molecule has 0 aromatic carbocycles. The van der Waals surface area contributed by atoms with Gasteiger partial charge in [-0.15, -0.1) is 0 Å². The van der Waals surface area contributed by atoms with Crippen molar-refractivity contribution in [3.05, 3.63) is 23.9 Å². The predicted octanol–water partition coefficient (Wildman–Crippen LogP) is 0.190. The molecule has 0 aliphatic carbocycles. The normalized spacial score (nSPS) is 25.7. The molecule has 1 aromatic rings. The largest absolute Gasteiger partial charge is 0.473 e. The topological polar surface area (TPSA) is 94.8 Å². The lowest BCUT2D eigenvalue weighted by Crippen LogP contribution is -2.53. The van der Waals surface area contributed by atoms with Crippen LogP contribution in [0.5, 0.6) is 5.88 Å². The fourth-order valence-corrected chi connectivity index (χ4v) is 1.81. The molecule has 1 aromatic heterocycles. The van der Waals surface area contributed by atoms with Gasteiger partial charge in [-0.05, 0) is 12.5 Å². The van der Waals surface area contributed by atoms with Crippen molar-refractivity contribution in [3.63, 3.8) is 0 Å². The van der Waals surface area contributed by atoms with Gasteiger partial charge in [0.1, 0.15) is 6.61 Å². The molecule has 1 saturated heterocycles. The highest BCUT2D eigenvalue weighted by molar-refractivity contribution is 5.20. The number of aromatic nitrogens is 1. The minimum absolute atomic E-state index is 0.0145. The van der Waals surface area contributed by atoms with Crippen molar-refractivity contribution in [2.45, 2.75) is 30.7 Å². The Labute approximate surface area is 111 Å². The van der Waals surface area contributed by atoms with Crippen LogP contribution in [0.1, 0.15) is 18.4 Å². The molecule has 0 radical (unpaired) electrons. The van der Waals surface area contributed by atoms with Gasteiger partial charge in [0, 0.05) is 18.7 Å². The number of nitrogens with one attached hydrogen (secondary N) is 1. The van der Waals surface area contributed by atoms with E-state index < -0.39 is 23.4 Å². The zero-order valence-corrected chi connectivity index (χ0v) is 10.2. The molecule has 112 valence electrons. The van der Waals surface area contributed by atoms with Gasteiger partial charge in [0.25, 0.3) is 0 Å². The lowest BCUT2D eigenvalue weighted by atomic mass is 10.2. The third-order valence-corrected chi connectivity index (χ3v) is 2.84. The molecular weight excluding hydrogens is 281 g/mol. The average molecular weight is 294 g/mol. The van der Waals surface area contributed by atoms with Crippen LogP contribution in [-0.2, 0) is 6.18 Å². The standard InChI is InChI=1S/C11H13F3N2O4/c12-11(13,14)7-1-2-8(15-5-7)20-6-9(17)3-4-10(18,19)16-9/h1-2,5,16-19H,3-4,6H2/t9-/m1/s1. The maximum absolute atomic E-state index is 12.3. The van der Waals surface area contributed by atoms with Crippen LogP contribution in [0.15, 0.2) is 18.3 Å². The van der Waals surface area contributed by atoms with Gasteiger partial charge in [-0.2, -0.15) is 13.2 Å². The van der Waals surface area contributed by atoms with E-state index in [1.807, 2.05) is 0 Å². The summed E-state index contributed by atoms with van der Waals surface area (Å²) in [7, 11) is 0.